The summed E-state index contributed by atoms with van der Waals surface area (Å²) in [7, 11) is 0. The molecule has 0 aliphatic rings. The van der Waals surface area contributed by atoms with E-state index >= 15 is 0 Å². The molecule has 0 heterocycles. The van der Waals surface area contributed by atoms with E-state index in [1.165, 1.54) is 24.3 Å². The Labute approximate surface area is 282 Å². The second-order valence-corrected chi connectivity index (χ2v) is 11.0. The lowest BCUT2D eigenvalue weighted by molar-refractivity contribution is -0.146. The summed E-state index contributed by atoms with van der Waals surface area (Å²) >= 11 is 0. The van der Waals surface area contributed by atoms with Gasteiger partial charge in [0.2, 0.25) is 0 Å². The second kappa shape index (κ2) is 24.0. The van der Waals surface area contributed by atoms with Crippen LogP contribution in [-0.4, -0.2) is 72.5 Å². The average Bonchev–Trinajstić information content (AvgIpc) is 3.06. The minimum atomic E-state index is -0.813. The van der Waals surface area contributed by atoms with Crippen LogP contribution in [0, 0.1) is 0 Å². The van der Waals surface area contributed by atoms with Crippen molar-refractivity contribution >= 4 is 23.9 Å². The Balaban J connectivity index is 0.000000480. The van der Waals surface area contributed by atoms with Crippen molar-refractivity contribution < 1.29 is 48.3 Å². The van der Waals surface area contributed by atoms with E-state index in [2.05, 4.69) is 0 Å². The van der Waals surface area contributed by atoms with E-state index in [-0.39, 0.29) is 48.7 Å². The highest BCUT2D eigenvalue weighted by atomic mass is 16.6. The van der Waals surface area contributed by atoms with E-state index in [1.54, 1.807) is 12.1 Å². The summed E-state index contributed by atoms with van der Waals surface area (Å²) < 4.78 is 20.3. The summed E-state index contributed by atoms with van der Waals surface area (Å²) in [5, 5.41) is 19.7. The first-order valence-corrected chi connectivity index (χ1v) is 16.2. The third kappa shape index (κ3) is 17.1. The number of carbonyl (C=O) groups is 4. The van der Waals surface area contributed by atoms with Crippen LogP contribution >= 0.6 is 0 Å². The van der Waals surface area contributed by atoms with Gasteiger partial charge in [0, 0.05) is 12.8 Å². The number of unbranched alkanes of at least 4 members (excludes halogenated alkanes) is 2. The summed E-state index contributed by atoms with van der Waals surface area (Å²) in [6, 6.07) is 7.43. The highest BCUT2D eigenvalue weighted by Crippen LogP contribution is 2.29. The van der Waals surface area contributed by atoms with E-state index in [0.717, 1.165) is 25.7 Å². The van der Waals surface area contributed by atoms with Crippen molar-refractivity contribution in [3.05, 3.63) is 47.5 Å². The van der Waals surface area contributed by atoms with Crippen molar-refractivity contribution in [3.8, 4) is 23.0 Å². The molecule has 0 spiro atoms. The fourth-order valence-corrected chi connectivity index (χ4v) is 3.91. The Bertz CT molecular complexity index is 1290. The predicted molar refractivity (Wildman–Crippen MR) is 179 cm³/mol. The molecule has 2 aromatic carbocycles. The SMILES string of the molecule is CCCCOC(=O)[C@@H](N)Cc1ccc(O)c(OC(=O)CCCN)c1.CCCCOC(=O)[C@@H](N)Cc1ccc(OC(=O)CCCN)c(O)c1. The van der Waals surface area contributed by atoms with Crippen LogP contribution in [0.4, 0.5) is 0 Å². The maximum atomic E-state index is 11.8. The van der Waals surface area contributed by atoms with Gasteiger partial charge >= 0.3 is 23.9 Å². The van der Waals surface area contributed by atoms with Gasteiger partial charge in [0.25, 0.3) is 0 Å². The molecule has 48 heavy (non-hydrogen) atoms. The number of nitrogens with two attached hydrogens (primary N) is 4. The maximum absolute atomic E-state index is 11.8. The van der Waals surface area contributed by atoms with Crippen molar-refractivity contribution in [1.29, 1.82) is 0 Å². The number of aromatic hydroxyl groups is 2. The molecule has 268 valence electrons. The largest absolute Gasteiger partial charge is 0.504 e. The Morgan fingerprint density at radius 2 is 1.10 bits per heavy atom. The summed E-state index contributed by atoms with van der Waals surface area (Å²) in [5.74, 6) is -2.10. The molecule has 0 aromatic heterocycles. The normalized spacial score (nSPS) is 11.8. The van der Waals surface area contributed by atoms with Crippen molar-refractivity contribution in [2.45, 2.75) is 90.1 Å². The Morgan fingerprint density at radius 3 is 1.56 bits per heavy atom. The van der Waals surface area contributed by atoms with E-state index in [4.69, 9.17) is 41.9 Å². The number of benzene rings is 2. The molecule has 10 N–H and O–H groups in total. The van der Waals surface area contributed by atoms with Crippen LogP contribution in [0.5, 0.6) is 23.0 Å². The van der Waals surface area contributed by atoms with Crippen LogP contribution in [0.2, 0.25) is 0 Å². The first-order chi connectivity index (χ1) is 22.9. The molecule has 2 aromatic rings. The number of carbonyl (C=O) groups excluding carboxylic acids is 4. The third-order valence-corrected chi connectivity index (χ3v) is 6.67. The summed E-state index contributed by atoms with van der Waals surface area (Å²) in [6.45, 7) is 5.48. The molecule has 0 aliphatic heterocycles. The first-order valence-electron chi connectivity index (χ1n) is 16.2. The standard InChI is InChI=1S/2C17H26N2O5/c1-2-3-9-23-17(22)13(19)10-12-6-7-15(14(20)11-12)24-16(21)5-4-8-18;1-2-3-9-23-17(22)13(19)10-12-6-7-14(20)15(11-12)24-16(21)5-4-8-18/h2*6-7,11,13,20H,2-5,8-10,18-19H2,1H3/t2*13-/m00/s1. The highest BCUT2D eigenvalue weighted by molar-refractivity contribution is 5.77. The Morgan fingerprint density at radius 1 is 0.646 bits per heavy atom. The van der Waals surface area contributed by atoms with Crippen LogP contribution in [-0.2, 0) is 41.5 Å². The highest BCUT2D eigenvalue weighted by Gasteiger charge is 2.19. The van der Waals surface area contributed by atoms with Crippen LogP contribution in [0.15, 0.2) is 36.4 Å². The zero-order valence-corrected chi connectivity index (χ0v) is 28.0. The Kier molecular flexibility index (Phi) is 20.9. The fraction of sp³-hybridized carbons (Fsp3) is 0.529. The van der Waals surface area contributed by atoms with Gasteiger partial charge < -0.3 is 52.1 Å². The van der Waals surface area contributed by atoms with Gasteiger partial charge in [-0.3, -0.25) is 19.2 Å². The molecule has 2 rings (SSSR count). The number of hydrogen-bond acceptors (Lipinski definition) is 14. The molecule has 0 aliphatic carbocycles. The molecule has 0 saturated carbocycles. The summed E-state index contributed by atoms with van der Waals surface area (Å²) in [6.07, 6.45) is 5.28. The molecule has 0 fully saturated rings. The molecule has 0 amide bonds. The quantitative estimate of drug-likeness (QED) is 0.0670. The molecule has 2 atom stereocenters. The van der Waals surface area contributed by atoms with Gasteiger partial charge in [-0.1, -0.05) is 38.8 Å². The second-order valence-electron chi connectivity index (χ2n) is 11.0. The van der Waals surface area contributed by atoms with Crippen molar-refractivity contribution in [3.63, 3.8) is 0 Å². The molecule has 14 nitrogen and oxygen atoms in total. The fourth-order valence-electron chi connectivity index (χ4n) is 3.91. The van der Waals surface area contributed by atoms with Gasteiger partial charge in [0.15, 0.2) is 23.0 Å². The Hall–Kier alpha value is -4.24. The summed E-state index contributed by atoms with van der Waals surface area (Å²) in [4.78, 5) is 46.7. The van der Waals surface area contributed by atoms with E-state index in [9.17, 15) is 29.4 Å². The lowest BCUT2D eigenvalue weighted by Gasteiger charge is -2.13. The molecule has 0 radical (unpaired) electrons. The molecular formula is C34H52N4O10. The first kappa shape index (κ1) is 41.8. The van der Waals surface area contributed by atoms with Crippen molar-refractivity contribution in [2.75, 3.05) is 26.3 Å². The number of hydrogen-bond donors (Lipinski definition) is 6. The molecule has 0 saturated heterocycles. The van der Waals surface area contributed by atoms with E-state index in [0.29, 0.717) is 50.3 Å². The molecule has 0 unspecified atom stereocenters. The smallest absolute Gasteiger partial charge is 0.323 e. The topological polar surface area (TPSA) is 250 Å². The minimum absolute atomic E-state index is 0.0427. The number of ether oxygens (including phenoxy) is 4. The summed E-state index contributed by atoms with van der Waals surface area (Å²) in [5.41, 5.74) is 23.6. The maximum Gasteiger partial charge on any atom is 0.323 e. The van der Waals surface area contributed by atoms with Gasteiger partial charge in [-0.25, -0.2) is 0 Å². The van der Waals surface area contributed by atoms with Gasteiger partial charge in [-0.05, 0) is 87.0 Å². The zero-order valence-electron chi connectivity index (χ0n) is 28.0. The average molecular weight is 677 g/mol. The van der Waals surface area contributed by atoms with Gasteiger partial charge in [0.05, 0.1) is 13.2 Å². The van der Waals surface area contributed by atoms with Crippen LogP contribution < -0.4 is 32.4 Å². The van der Waals surface area contributed by atoms with E-state index < -0.39 is 36.0 Å². The lowest BCUT2D eigenvalue weighted by atomic mass is 10.1. The van der Waals surface area contributed by atoms with Crippen molar-refractivity contribution in [2.24, 2.45) is 22.9 Å². The van der Waals surface area contributed by atoms with Gasteiger partial charge in [-0.2, -0.15) is 0 Å². The van der Waals surface area contributed by atoms with E-state index in [1.807, 2.05) is 13.8 Å². The predicted octanol–water partition coefficient (Wildman–Crippen LogP) is 2.50. The molecule has 0 bridgehead atoms. The van der Waals surface area contributed by atoms with Crippen molar-refractivity contribution in [1.82, 2.24) is 0 Å². The molecule has 14 heteroatoms. The number of phenolic OH excluding ortho intramolecular Hbond substituents is 2. The van der Waals surface area contributed by atoms with Crippen LogP contribution in [0.25, 0.3) is 0 Å². The third-order valence-electron chi connectivity index (χ3n) is 6.67. The number of rotatable bonds is 20. The molecular weight excluding hydrogens is 624 g/mol. The van der Waals surface area contributed by atoms with Crippen LogP contribution in [0.3, 0.4) is 0 Å². The van der Waals surface area contributed by atoms with Gasteiger partial charge in [0.1, 0.15) is 12.1 Å². The number of phenols is 2. The number of esters is 4. The zero-order chi connectivity index (χ0) is 35.9. The van der Waals surface area contributed by atoms with Gasteiger partial charge in [-0.15, -0.1) is 0 Å². The lowest BCUT2D eigenvalue weighted by Crippen LogP contribution is -2.34. The monoisotopic (exact) mass is 676 g/mol. The van der Waals surface area contributed by atoms with Crippen LogP contribution in [0.1, 0.15) is 76.3 Å². The minimum Gasteiger partial charge on any atom is -0.504 e.